The van der Waals surface area contributed by atoms with Gasteiger partial charge in [0.05, 0.1) is 18.2 Å². The monoisotopic (exact) mass is 517 g/mol. The molecule has 0 amide bonds. The van der Waals surface area contributed by atoms with Gasteiger partial charge in [0.2, 0.25) is 0 Å². The van der Waals surface area contributed by atoms with Crippen LogP contribution in [0.15, 0.2) is 53.5 Å². The summed E-state index contributed by atoms with van der Waals surface area (Å²) in [6, 6.07) is 19.1. The zero-order valence-electron chi connectivity index (χ0n) is 17.9. The molecule has 30 heavy (non-hydrogen) atoms. The van der Waals surface area contributed by atoms with Crippen LogP contribution >= 0.6 is 24.0 Å². The number of aryl methyl sites for hydroxylation is 1. The summed E-state index contributed by atoms with van der Waals surface area (Å²) in [7, 11) is 0. The molecular weight excluding hydrogens is 485 g/mol. The fraction of sp³-hybridized carbons (Fsp3) is 0.417. The molecule has 1 heterocycles. The Labute approximate surface area is 197 Å². The average molecular weight is 517 g/mol. The van der Waals surface area contributed by atoms with Crippen molar-refractivity contribution in [3.8, 4) is 6.07 Å². The number of aliphatic imine (C=N–C) groups is 1. The van der Waals surface area contributed by atoms with Crippen LogP contribution < -0.4 is 10.6 Å². The van der Waals surface area contributed by atoms with E-state index in [0.29, 0.717) is 18.2 Å². The number of nitrogens with zero attached hydrogens (tertiary/aromatic N) is 3. The highest BCUT2D eigenvalue weighted by Crippen LogP contribution is 2.15. The topological polar surface area (TPSA) is 63.5 Å². The van der Waals surface area contributed by atoms with Gasteiger partial charge in [-0.05, 0) is 49.9 Å². The molecule has 0 bridgehead atoms. The molecular formula is C24H32IN5. The first-order valence-corrected chi connectivity index (χ1v) is 10.5. The summed E-state index contributed by atoms with van der Waals surface area (Å²) < 4.78 is 0. The van der Waals surface area contributed by atoms with Crippen LogP contribution in [0.1, 0.15) is 42.0 Å². The molecule has 2 aromatic carbocycles. The fourth-order valence-corrected chi connectivity index (χ4v) is 3.73. The van der Waals surface area contributed by atoms with Gasteiger partial charge in [0, 0.05) is 32.2 Å². The highest BCUT2D eigenvalue weighted by molar-refractivity contribution is 14.0. The van der Waals surface area contributed by atoms with Gasteiger partial charge < -0.3 is 10.6 Å². The molecule has 1 fully saturated rings. The van der Waals surface area contributed by atoms with Gasteiger partial charge in [-0.3, -0.25) is 4.90 Å². The molecule has 0 saturated carbocycles. The molecule has 5 nitrogen and oxygen atoms in total. The molecule has 0 aliphatic carbocycles. The van der Waals surface area contributed by atoms with Crippen LogP contribution in [-0.2, 0) is 13.1 Å². The number of piperidine rings is 1. The van der Waals surface area contributed by atoms with E-state index in [-0.39, 0.29) is 24.0 Å². The van der Waals surface area contributed by atoms with Crippen LogP contribution in [0.2, 0.25) is 0 Å². The molecule has 1 saturated heterocycles. The van der Waals surface area contributed by atoms with Gasteiger partial charge in [0.25, 0.3) is 0 Å². The molecule has 1 aliphatic rings. The number of hydrogen-bond donors (Lipinski definition) is 2. The number of guanidine groups is 1. The first-order valence-electron chi connectivity index (χ1n) is 10.5. The Morgan fingerprint density at radius 2 is 1.87 bits per heavy atom. The van der Waals surface area contributed by atoms with E-state index in [2.05, 4.69) is 59.7 Å². The quantitative estimate of drug-likeness (QED) is 0.343. The van der Waals surface area contributed by atoms with Crippen molar-refractivity contribution < 1.29 is 0 Å². The zero-order valence-corrected chi connectivity index (χ0v) is 20.2. The standard InChI is InChI=1S/C24H31N5.HI/c1-3-26-24(27-17-21-8-5-7-20(15-21)16-25)28-23-10-12-29(13-11-23)18-22-9-4-6-19(2)14-22;/h4-9,14-15,23H,3,10-13,17-18H2,1-2H3,(H2,26,27,28);1H. The van der Waals surface area contributed by atoms with E-state index in [0.717, 1.165) is 50.5 Å². The van der Waals surface area contributed by atoms with Crippen molar-refractivity contribution in [1.29, 1.82) is 5.26 Å². The zero-order chi connectivity index (χ0) is 20.5. The summed E-state index contributed by atoms with van der Waals surface area (Å²) in [6.45, 7) is 8.84. The fourth-order valence-electron chi connectivity index (χ4n) is 3.73. The van der Waals surface area contributed by atoms with Gasteiger partial charge in [-0.2, -0.15) is 5.26 Å². The molecule has 0 spiro atoms. The van der Waals surface area contributed by atoms with Crippen molar-refractivity contribution in [3.63, 3.8) is 0 Å². The van der Waals surface area contributed by atoms with Crippen LogP contribution in [0.4, 0.5) is 0 Å². The Morgan fingerprint density at radius 1 is 1.13 bits per heavy atom. The molecule has 0 radical (unpaired) electrons. The van der Waals surface area contributed by atoms with Crippen molar-refractivity contribution in [2.75, 3.05) is 19.6 Å². The average Bonchev–Trinajstić information content (AvgIpc) is 2.74. The maximum atomic E-state index is 9.05. The first kappa shape index (κ1) is 24.2. The molecule has 3 rings (SSSR count). The van der Waals surface area contributed by atoms with Crippen molar-refractivity contribution in [2.24, 2.45) is 4.99 Å². The Bertz CT molecular complexity index is 866. The Kier molecular flexibility index (Phi) is 10.1. The predicted octanol–water partition coefficient (Wildman–Crippen LogP) is 4.20. The number of likely N-dealkylation sites (tertiary alicyclic amines) is 1. The molecule has 1 aliphatic heterocycles. The normalized spacial score (nSPS) is 15.2. The number of rotatable bonds is 6. The van der Waals surface area contributed by atoms with Crippen molar-refractivity contribution in [2.45, 2.75) is 45.8 Å². The summed E-state index contributed by atoms with van der Waals surface area (Å²) in [6.07, 6.45) is 2.22. The van der Waals surface area contributed by atoms with E-state index >= 15 is 0 Å². The lowest BCUT2D eigenvalue weighted by Gasteiger charge is -2.33. The van der Waals surface area contributed by atoms with Crippen LogP contribution in [0.25, 0.3) is 0 Å². The summed E-state index contributed by atoms with van der Waals surface area (Å²) in [5.74, 6) is 0.854. The van der Waals surface area contributed by atoms with Crippen molar-refractivity contribution in [1.82, 2.24) is 15.5 Å². The van der Waals surface area contributed by atoms with Gasteiger partial charge in [0.15, 0.2) is 5.96 Å². The molecule has 2 N–H and O–H groups in total. The number of hydrogen-bond acceptors (Lipinski definition) is 3. The second-order valence-electron chi connectivity index (χ2n) is 7.69. The third-order valence-electron chi connectivity index (χ3n) is 5.24. The molecule has 0 aromatic heterocycles. The minimum absolute atomic E-state index is 0. The smallest absolute Gasteiger partial charge is 0.191 e. The van der Waals surface area contributed by atoms with Crippen molar-refractivity contribution in [3.05, 3.63) is 70.8 Å². The van der Waals surface area contributed by atoms with Crippen LogP contribution in [0.5, 0.6) is 0 Å². The van der Waals surface area contributed by atoms with E-state index in [1.807, 2.05) is 24.3 Å². The lowest BCUT2D eigenvalue weighted by atomic mass is 10.0. The molecule has 0 unspecified atom stereocenters. The van der Waals surface area contributed by atoms with Gasteiger partial charge in [-0.15, -0.1) is 24.0 Å². The number of halogens is 1. The summed E-state index contributed by atoms with van der Waals surface area (Å²) >= 11 is 0. The second kappa shape index (κ2) is 12.6. The molecule has 6 heteroatoms. The second-order valence-corrected chi connectivity index (χ2v) is 7.69. The summed E-state index contributed by atoms with van der Waals surface area (Å²) in [5, 5.41) is 16.0. The Morgan fingerprint density at radius 3 is 2.57 bits per heavy atom. The van der Waals surface area contributed by atoms with Gasteiger partial charge >= 0.3 is 0 Å². The van der Waals surface area contributed by atoms with E-state index in [1.54, 1.807) is 0 Å². The highest BCUT2D eigenvalue weighted by atomic mass is 127. The third kappa shape index (κ3) is 7.62. The van der Waals surface area contributed by atoms with E-state index in [4.69, 9.17) is 10.3 Å². The van der Waals surface area contributed by atoms with Gasteiger partial charge in [0.1, 0.15) is 0 Å². The summed E-state index contributed by atoms with van der Waals surface area (Å²) in [4.78, 5) is 7.25. The Hall–Kier alpha value is -2.11. The van der Waals surface area contributed by atoms with E-state index < -0.39 is 0 Å². The first-order chi connectivity index (χ1) is 14.2. The molecule has 2 aromatic rings. The number of nitrogens with one attached hydrogen (secondary N) is 2. The predicted molar refractivity (Wildman–Crippen MR) is 134 cm³/mol. The number of benzene rings is 2. The van der Waals surface area contributed by atoms with Crippen LogP contribution in [-0.4, -0.2) is 36.5 Å². The SMILES string of the molecule is CCNC(=NCc1cccc(C#N)c1)NC1CCN(Cc2cccc(C)c2)CC1.I. The minimum Gasteiger partial charge on any atom is -0.357 e. The molecule has 0 atom stereocenters. The lowest BCUT2D eigenvalue weighted by molar-refractivity contribution is 0.198. The van der Waals surface area contributed by atoms with Crippen LogP contribution in [0, 0.1) is 18.3 Å². The Balaban J connectivity index is 0.00000320. The minimum atomic E-state index is 0. The van der Waals surface area contributed by atoms with Crippen molar-refractivity contribution >= 4 is 29.9 Å². The highest BCUT2D eigenvalue weighted by Gasteiger charge is 2.20. The number of nitriles is 1. The maximum Gasteiger partial charge on any atom is 0.191 e. The largest absolute Gasteiger partial charge is 0.357 e. The van der Waals surface area contributed by atoms with Crippen LogP contribution in [0.3, 0.4) is 0 Å². The maximum absolute atomic E-state index is 9.05. The van der Waals surface area contributed by atoms with Gasteiger partial charge in [-0.25, -0.2) is 4.99 Å². The molecule has 160 valence electrons. The lowest BCUT2D eigenvalue weighted by Crippen LogP contribution is -2.48. The van der Waals surface area contributed by atoms with E-state index in [9.17, 15) is 0 Å². The van der Waals surface area contributed by atoms with Gasteiger partial charge in [-0.1, -0.05) is 42.0 Å². The van der Waals surface area contributed by atoms with E-state index in [1.165, 1.54) is 11.1 Å². The summed E-state index contributed by atoms with van der Waals surface area (Å²) in [5.41, 5.74) is 4.45. The third-order valence-corrected chi connectivity index (χ3v) is 5.24.